The van der Waals surface area contributed by atoms with Gasteiger partial charge in [0.2, 0.25) is 0 Å². The van der Waals surface area contributed by atoms with Crippen LogP contribution in [0.15, 0.2) is 40.5 Å². The van der Waals surface area contributed by atoms with E-state index in [-0.39, 0.29) is 5.04 Å². The summed E-state index contributed by atoms with van der Waals surface area (Å²) in [5, 5.41) is 1.19. The molecular weight excluding hydrogens is 448 g/mol. The number of likely N-dealkylation sites (tertiary alicyclic amines) is 1. The van der Waals surface area contributed by atoms with E-state index in [1.54, 1.807) is 31.3 Å². The summed E-state index contributed by atoms with van der Waals surface area (Å²) in [5.74, 6) is 1.49. The zero-order valence-electron chi connectivity index (χ0n) is 20.9. The van der Waals surface area contributed by atoms with Gasteiger partial charge in [-0.2, -0.15) is 0 Å². The Morgan fingerprint density at radius 3 is 2.73 bits per heavy atom. The molecule has 0 bridgehead atoms. The Bertz CT molecular complexity index is 966. The molecule has 1 atom stereocenters. The van der Waals surface area contributed by atoms with Gasteiger partial charge in [-0.1, -0.05) is 38.6 Å². The minimum atomic E-state index is -1.70. The maximum absolute atomic E-state index is 6.56. The maximum atomic E-state index is 6.56. The van der Waals surface area contributed by atoms with Crippen LogP contribution in [0.4, 0.5) is 11.5 Å². The lowest BCUT2D eigenvalue weighted by Crippen LogP contribution is -2.44. The van der Waals surface area contributed by atoms with Crippen LogP contribution in [0.3, 0.4) is 0 Å². The second-order valence-electron chi connectivity index (χ2n) is 10.7. The molecule has 33 heavy (non-hydrogen) atoms. The Kier molecular flexibility index (Phi) is 7.50. The molecule has 1 fully saturated rings. The van der Waals surface area contributed by atoms with E-state index in [0.29, 0.717) is 12.6 Å². The molecule has 8 heteroatoms. The number of nitrogens with zero attached hydrogens (tertiary/aromatic N) is 4. The van der Waals surface area contributed by atoms with Crippen molar-refractivity contribution in [1.82, 2.24) is 14.9 Å². The molecule has 2 aliphatic rings. The molecular formula is C25H38N4O2SSi. The highest BCUT2D eigenvalue weighted by atomic mass is 32.2. The third kappa shape index (κ3) is 5.62. The standard InChI is InChI=1S/C25H38N4O2SSi/c1-25(2,3)33(5,6)31-17-20-8-7-13-28(16-20)15-19-9-10-22-21(14-19)29(18-30-4)23-24(32-22)27-12-11-26-23/h9-12,14,20H,7-8,13,15-18H2,1-6H3. The van der Waals surface area contributed by atoms with Crippen molar-refractivity contribution in [1.29, 1.82) is 0 Å². The predicted molar refractivity (Wildman–Crippen MR) is 138 cm³/mol. The van der Waals surface area contributed by atoms with Crippen LogP contribution in [0.25, 0.3) is 0 Å². The molecule has 2 aromatic rings. The first-order chi connectivity index (χ1) is 15.7. The van der Waals surface area contributed by atoms with Crippen LogP contribution in [0.5, 0.6) is 0 Å². The van der Waals surface area contributed by atoms with Crippen molar-refractivity contribution in [2.24, 2.45) is 5.92 Å². The second-order valence-corrected chi connectivity index (χ2v) is 16.6. The van der Waals surface area contributed by atoms with E-state index in [2.05, 4.69) is 71.8 Å². The normalized spacial score (nSPS) is 19.3. The molecule has 1 aromatic carbocycles. The first-order valence-electron chi connectivity index (χ1n) is 11.9. The molecule has 3 heterocycles. The number of methoxy groups -OCH3 is 1. The van der Waals surface area contributed by atoms with Gasteiger partial charge >= 0.3 is 0 Å². The van der Waals surface area contributed by atoms with E-state index in [0.717, 1.165) is 42.8 Å². The lowest BCUT2D eigenvalue weighted by Gasteiger charge is -2.39. The first-order valence-corrected chi connectivity index (χ1v) is 15.6. The Morgan fingerprint density at radius 1 is 1.18 bits per heavy atom. The molecule has 1 unspecified atom stereocenters. The molecule has 2 aliphatic heterocycles. The van der Waals surface area contributed by atoms with Crippen LogP contribution < -0.4 is 4.90 Å². The molecule has 0 radical (unpaired) electrons. The van der Waals surface area contributed by atoms with Gasteiger partial charge in [0.15, 0.2) is 14.1 Å². The van der Waals surface area contributed by atoms with Crippen molar-refractivity contribution in [2.75, 3.05) is 38.4 Å². The number of hydrogen-bond acceptors (Lipinski definition) is 7. The first kappa shape index (κ1) is 24.7. The summed E-state index contributed by atoms with van der Waals surface area (Å²) >= 11 is 1.68. The maximum Gasteiger partial charge on any atom is 0.191 e. The lowest BCUT2D eigenvalue weighted by molar-refractivity contribution is 0.119. The van der Waals surface area contributed by atoms with Gasteiger partial charge in [0.25, 0.3) is 0 Å². The van der Waals surface area contributed by atoms with Gasteiger partial charge in [-0.05, 0) is 61.1 Å². The molecule has 4 rings (SSSR count). The summed E-state index contributed by atoms with van der Waals surface area (Å²) in [6.07, 6.45) is 6.00. The smallest absolute Gasteiger partial charge is 0.191 e. The molecule has 1 aromatic heterocycles. The Labute approximate surface area is 204 Å². The topological polar surface area (TPSA) is 50.7 Å². The molecule has 180 valence electrons. The molecule has 6 nitrogen and oxygen atoms in total. The lowest BCUT2D eigenvalue weighted by atomic mass is 9.98. The summed E-state index contributed by atoms with van der Waals surface area (Å²) in [7, 11) is 0.0279. The monoisotopic (exact) mass is 486 g/mol. The van der Waals surface area contributed by atoms with Crippen LogP contribution >= 0.6 is 11.8 Å². The number of aromatic nitrogens is 2. The van der Waals surface area contributed by atoms with Gasteiger partial charge in [0.05, 0.1) is 5.69 Å². The van der Waals surface area contributed by atoms with Crippen molar-refractivity contribution < 1.29 is 9.16 Å². The van der Waals surface area contributed by atoms with Crippen molar-refractivity contribution in [3.8, 4) is 0 Å². The van der Waals surface area contributed by atoms with E-state index >= 15 is 0 Å². The highest BCUT2D eigenvalue weighted by Crippen LogP contribution is 2.46. The fourth-order valence-electron chi connectivity index (χ4n) is 4.24. The quantitative estimate of drug-likeness (QED) is 0.450. The number of rotatable bonds is 7. The van der Waals surface area contributed by atoms with Gasteiger partial charge < -0.3 is 9.16 Å². The van der Waals surface area contributed by atoms with Crippen molar-refractivity contribution >= 4 is 31.6 Å². The zero-order chi connectivity index (χ0) is 23.6. The van der Waals surface area contributed by atoms with E-state index in [1.807, 2.05) is 0 Å². The molecule has 0 spiro atoms. The highest BCUT2D eigenvalue weighted by molar-refractivity contribution is 7.99. The number of hydrogen-bond donors (Lipinski definition) is 0. The molecule has 0 amide bonds. The van der Waals surface area contributed by atoms with E-state index < -0.39 is 8.32 Å². The Hall–Kier alpha value is -1.45. The number of anilines is 2. The van der Waals surface area contributed by atoms with Gasteiger partial charge in [0, 0.05) is 44.1 Å². The van der Waals surface area contributed by atoms with Crippen LogP contribution in [-0.2, 0) is 15.7 Å². The number of fused-ring (bicyclic) bond motifs is 2. The fourth-order valence-corrected chi connectivity index (χ4v) is 6.31. The van der Waals surface area contributed by atoms with Crippen LogP contribution in [0.2, 0.25) is 18.1 Å². The van der Waals surface area contributed by atoms with Crippen molar-refractivity contribution in [2.45, 2.75) is 68.2 Å². The van der Waals surface area contributed by atoms with Gasteiger partial charge in [0.1, 0.15) is 11.8 Å². The SMILES string of the molecule is COCN1c2cc(CN3CCCC(CO[Si](C)(C)C(C)(C)C)C3)ccc2Sc2nccnc21. The summed E-state index contributed by atoms with van der Waals surface area (Å²) in [6.45, 7) is 16.2. The number of ether oxygens (including phenoxy) is 1. The molecule has 0 saturated carbocycles. The molecule has 1 saturated heterocycles. The molecule has 0 N–H and O–H groups in total. The summed E-state index contributed by atoms with van der Waals surface area (Å²) in [4.78, 5) is 15.0. The largest absolute Gasteiger partial charge is 0.416 e. The highest BCUT2D eigenvalue weighted by Gasteiger charge is 2.38. The Balaban J connectivity index is 1.43. The number of piperidine rings is 1. The van der Waals surface area contributed by atoms with Crippen molar-refractivity contribution in [3.05, 3.63) is 36.2 Å². The summed E-state index contributed by atoms with van der Waals surface area (Å²) in [6, 6.07) is 6.78. The Morgan fingerprint density at radius 2 is 1.97 bits per heavy atom. The van der Waals surface area contributed by atoms with E-state index in [1.165, 1.54) is 23.3 Å². The minimum Gasteiger partial charge on any atom is -0.416 e. The van der Waals surface area contributed by atoms with Gasteiger partial charge in [-0.15, -0.1) is 0 Å². The average molecular weight is 487 g/mol. The molecule has 0 aliphatic carbocycles. The fraction of sp³-hybridized carbons (Fsp3) is 0.600. The third-order valence-electron chi connectivity index (χ3n) is 7.18. The van der Waals surface area contributed by atoms with Crippen LogP contribution in [-0.4, -0.2) is 56.7 Å². The predicted octanol–water partition coefficient (Wildman–Crippen LogP) is 5.92. The van der Waals surface area contributed by atoms with Gasteiger partial charge in [-0.3, -0.25) is 9.80 Å². The zero-order valence-corrected chi connectivity index (χ0v) is 22.7. The summed E-state index contributed by atoms with van der Waals surface area (Å²) < 4.78 is 12.1. The summed E-state index contributed by atoms with van der Waals surface area (Å²) in [5.41, 5.74) is 2.48. The van der Waals surface area contributed by atoms with E-state index in [9.17, 15) is 0 Å². The van der Waals surface area contributed by atoms with Crippen molar-refractivity contribution in [3.63, 3.8) is 0 Å². The van der Waals surface area contributed by atoms with E-state index in [4.69, 9.17) is 9.16 Å². The second kappa shape index (κ2) is 10.0. The van der Waals surface area contributed by atoms with Gasteiger partial charge in [-0.25, -0.2) is 9.97 Å². The minimum absolute atomic E-state index is 0.263. The van der Waals surface area contributed by atoms with Crippen LogP contribution in [0.1, 0.15) is 39.2 Å². The average Bonchev–Trinajstić information content (AvgIpc) is 2.77. The number of benzene rings is 1. The third-order valence-corrected chi connectivity index (χ3v) is 12.7. The van der Waals surface area contributed by atoms with Crippen LogP contribution in [0, 0.1) is 5.92 Å².